The minimum atomic E-state index is 0.222. The fourth-order valence-electron chi connectivity index (χ4n) is 1.48. The third-order valence-corrected chi connectivity index (χ3v) is 2.26. The van der Waals surface area contributed by atoms with E-state index in [0.29, 0.717) is 0 Å². The molecule has 0 aliphatic rings. The molecule has 14 heavy (non-hydrogen) atoms. The smallest absolute Gasteiger partial charge is 0.0948 e. The summed E-state index contributed by atoms with van der Waals surface area (Å²) in [4.78, 5) is 4.01. The summed E-state index contributed by atoms with van der Waals surface area (Å²) in [6.45, 7) is 4.10. The lowest BCUT2D eigenvalue weighted by atomic mass is 10.1. The Kier molecular flexibility index (Phi) is 2.63. The summed E-state index contributed by atoms with van der Waals surface area (Å²) in [6, 6.07) is 10.6. The van der Waals surface area contributed by atoms with Gasteiger partial charge in [-0.3, -0.25) is 0 Å². The Labute approximate surface area is 84.2 Å². The topological polar surface area (TPSA) is 17.8 Å². The molecule has 0 amide bonds. The highest BCUT2D eigenvalue weighted by atomic mass is 15.0. The summed E-state index contributed by atoms with van der Waals surface area (Å²) >= 11 is 0. The van der Waals surface area contributed by atoms with Crippen molar-refractivity contribution in [1.82, 2.24) is 9.55 Å². The maximum absolute atomic E-state index is 4.10. The zero-order chi connectivity index (χ0) is 9.80. The van der Waals surface area contributed by atoms with Crippen LogP contribution in [0.3, 0.4) is 0 Å². The minimum Gasteiger partial charge on any atom is -0.334 e. The van der Waals surface area contributed by atoms with Gasteiger partial charge in [0.1, 0.15) is 0 Å². The molecule has 2 heteroatoms. The molecule has 0 fully saturated rings. The standard InChI is InChI=1S/C12H13N2/c1-11(14-8-7-13-10-14)9-12-5-3-2-4-6-12/h2-8,10-11H,1,9H2. The maximum Gasteiger partial charge on any atom is 0.0948 e. The maximum atomic E-state index is 4.10. The number of hydrogen-bond donors (Lipinski definition) is 0. The van der Waals surface area contributed by atoms with Gasteiger partial charge in [-0.1, -0.05) is 30.3 Å². The average Bonchev–Trinajstić information content (AvgIpc) is 2.72. The highest BCUT2D eigenvalue weighted by molar-refractivity contribution is 5.15. The van der Waals surface area contributed by atoms with Gasteiger partial charge in [-0.25, -0.2) is 4.98 Å². The van der Waals surface area contributed by atoms with Crippen LogP contribution in [0.25, 0.3) is 0 Å². The lowest BCUT2D eigenvalue weighted by Gasteiger charge is -2.12. The van der Waals surface area contributed by atoms with Gasteiger partial charge in [-0.05, 0) is 18.9 Å². The van der Waals surface area contributed by atoms with Crippen LogP contribution in [-0.2, 0) is 6.42 Å². The first-order valence-corrected chi connectivity index (χ1v) is 4.71. The van der Waals surface area contributed by atoms with Crippen LogP contribution in [0.5, 0.6) is 0 Å². The first kappa shape index (κ1) is 9.00. The van der Waals surface area contributed by atoms with Gasteiger partial charge in [0.15, 0.2) is 0 Å². The minimum absolute atomic E-state index is 0.222. The van der Waals surface area contributed by atoms with Crippen LogP contribution in [-0.4, -0.2) is 9.55 Å². The van der Waals surface area contributed by atoms with Gasteiger partial charge in [-0.15, -0.1) is 0 Å². The van der Waals surface area contributed by atoms with Crippen molar-refractivity contribution in [3.63, 3.8) is 0 Å². The first-order valence-electron chi connectivity index (χ1n) is 4.71. The van der Waals surface area contributed by atoms with Crippen molar-refractivity contribution >= 4 is 0 Å². The summed E-state index contributed by atoms with van der Waals surface area (Å²) in [5, 5.41) is 0. The molecule has 1 aromatic heterocycles. The molecule has 2 aromatic rings. The van der Waals surface area contributed by atoms with Crippen molar-refractivity contribution in [2.24, 2.45) is 0 Å². The largest absolute Gasteiger partial charge is 0.334 e. The Balaban J connectivity index is 2.06. The van der Waals surface area contributed by atoms with E-state index in [4.69, 9.17) is 0 Å². The lowest BCUT2D eigenvalue weighted by molar-refractivity contribution is 0.596. The molecular weight excluding hydrogens is 172 g/mol. The van der Waals surface area contributed by atoms with Gasteiger partial charge < -0.3 is 4.57 Å². The average molecular weight is 185 g/mol. The number of hydrogen-bond acceptors (Lipinski definition) is 1. The first-order chi connectivity index (χ1) is 6.86. The van der Waals surface area contributed by atoms with Crippen LogP contribution in [0.1, 0.15) is 11.6 Å². The normalized spacial score (nSPS) is 12.6. The second kappa shape index (κ2) is 4.09. The molecule has 1 heterocycles. The Hall–Kier alpha value is -1.57. The van der Waals surface area contributed by atoms with Crippen LogP contribution in [0.15, 0.2) is 49.1 Å². The van der Waals surface area contributed by atoms with Crippen LogP contribution in [0.4, 0.5) is 0 Å². The van der Waals surface area contributed by atoms with Gasteiger partial charge in [0.2, 0.25) is 0 Å². The van der Waals surface area contributed by atoms with Crippen LogP contribution in [0, 0.1) is 6.92 Å². The Morgan fingerprint density at radius 3 is 2.71 bits per heavy atom. The summed E-state index contributed by atoms with van der Waals surface area (Å²) < 4.78 is 2.02. The van der Waals surface area contributed by atoms with Gasteiger partial charge in [0.05, 0.1) is 6.33 Å². The zero-order valence-corrected chi connectivity index (χ0v) is 8.00. The number of benzene rings is 1. The highest BCUT2D eigenvalue weighted by Crippen LogP contribution is 2.12. The molecule has 0 N–H and O–H groups in total. The van der Waals surface area contributed by atoms with Crippen LogP contribution in [0.2, 0.25) is 0 Å². The van der Waals surface area contributed by atoms with Crippen LogP contribution < -0.4 is 0 Å². The van der Waals surface area contributed by atoms with Crippen molar-refractivity contribution in [2.45, 2.75) is 12.5 Å². The summed E-state index contributed by atoms with van der Waals surface area (Å²) in [5.41, 5.74) is 1.31. The van der Waals surface area contributed by atoms with E-state index < -0.39 is 0 Å². The number of imidazole rings is 1. The fraction of sp³-hybridized carbons (Fsp3) is 0.167. The van der Waals surface area contributed by atoms with Crippen molar-refractivity contribution in [1.29, 1.82) is 0 Å². The van der Waals surface area contributed by atoms with E-state index >= 15 is 0 Å². The van der Waals surface area contributed by atoms with E-state index in [2.05, 4.69) is 36.2 Å². The molecule has 1 unspecified atom stereocenters. The van der Waals surface area contributed by atoms with E-state index in [-0.39, 0.29) is 6.04 Å². The highest BCUT2D eigenvalue weighted by Gasteiger charge is 2.03. The van der Waals surface area contributed by atoms with Crippen molar-refractivity contribution < 1.29 is 0 Å². The molecule has 0 saturated carbocycles. The van der Waals surface area contributed by atoms with Gasteiger partial charge in [-0.2, -0.15) is 0 Å². The Bertz CT molecular complexity index is 364. The quantitative estimate of drug-likeness (QED) is 0.718. The third-order valence-electron chi connectivity index (χ3n) is 2.26. The second-order valence-electron chi connectivity index (χ2n) is 3.35. The van der Waals surface area contributed by atoms with Gasteiger partial charge in [0, 0.05) is 18.4 Å². The van der Waals surface area contributed by atoms with E-state index in [0.717, 1.165) is 6.42 Å². The summed E-state index contributed by atoms with van der Waals surface area (Å²) in [6.07, 6.45) is 6.47. The Morgan fingerprint density at radius 1 is 1.29 bits per heavy atom. The molecule has 0 aliphatic carbocycles. The van der Waals surface area contributed by atoms with Crippen LogP contribution >= 0.6 is 0 Å². The SMILES string of the molecule is [CH2]C(Cc1ccccc1)n1ccnc1. The van der Waals surface area contributed by atoms with Crippen molar-refractivity contribution in [3.8, 4) is 0 Å². The molecule has 0 aliphatic heterocycles. The molecule has 1 atom stereocenters. The molecule has 2 nitrogen and oxygen atoms in total. The molecule has 71 valence electrons. The van der Waals surface area contributed by atoms with E-state index in [9.17, 15) is 0 Å². The van der Waals surface area contributed by atoms with Gasteiger partial charge >= 0.3 is 0 Å². The van der Waals surface area contributed by atoms with Crippen molar-refractivity contribution in [3.05, 3.63) is 61.5 Å². The van der Waals surface area contributed by atoms with Gasteiger partial charge in [0.25, 0.3) is 0 Å². The Morgan fingerprint density at radius 2 is 2.07 bits per heavy atom. The number of nitrogens with zero attached hydrogens (tertiary/aromatic N) is 2. The summed E-state index contributed by atoms with van der Waals surface area (Å²) in [7, 11) is 0. The summed E-state index contributed by atoms with van der Waals surface area (Å²) in [5.74, 6) is 0. The predicted molar refractivity (Wildman–Crippen MR) is 56.8 cm³/mol. The number of aromatic nitrogens is 2. The fourth-order valence-corrected chi connectivity index (χ4v) is 1.48. The monoisotopic (exact) mass is 185 g/mol. The molecule has 2 rings (SSSR count). The van der Waals surface area contributed by atoms with E-state index in [1.165, 1.54) is 5.56 Å². The molecule has 1 radical (unpaired) electrons. The van der Waals surface area contributed by atoms with E-state index in [1.807, 2.05) is 16.8 Å². The third kappa shape index (κ3) is 2.02. The number of rotatable bonds is 3. The molecule has 0 spiro atoms. The predicted octanol–water partition coefficient (Wildman–Crippen LogP) is 2.50. The molecular formula is C12H13N2. The molecule has 0 saturated heterocycles. The van der Waals surface area contributed by atoms with E-state index in [1.54, 1.807) is 12.5 Å². The van der Waals surface area contributed by atoms with Crippen molar-refractivity contribution in [2.75, 3.05) is 0 Å². The zero-order valence-electron chi connectivity index (χ0n) is 8.00. The molecule has 0 bridgehead atoms. The second-order valence-corrected chi connectivity index (χ2v) is 3.35. The lowest BCUT2D eigenvalue weighted by Crippen LogP contribution is -2.05. The molecule has 1 aromatic carbocycles.